The van der Waals surface area contributed by atoms with Gasteiger partial charge in [-0.25, -0.2) is 9.97 Å². The summed E-state index contributed by atoms with van der Waals surface area (Å²) >= 11 is 1.71. The third-order valence-electron chi connectivity index (χ3n) is 3.95. The van der Waals surface area contributed by atoms with Gasteiger partial charge in [-0.1, -0.05) is 0 Å². The maximum atomic E-state index is 9.76. The highest BCUT2D eigenvalue weighted by molar-refractivity contribution is 7.18. The summed E-state index contributed by atoms with van der Waals surface area (Å²) in [5.74, 6) is 0.922. The minimum Gasteiger partial charge on any atom is -0.393 e. The van der Waals surface area contributed by atoms with Crippen LogP contribution >= 0.6 is 11.3 Å². The van der Waals surface area contributed by atoms with Gasteiger partial charge in [0, 0.05) is 10.9 Å². The first-order chi connectivity index (χ1) is 9.15. The van der Waals surface area contributed by atoms with E-state index in [1.807, 2.05) is 0 Å². The summed E-state index contributed by atoms with van der Waals surface area (Å²) in [4.78, 5) is 11.1. The van der Waals surface area contributed by atoms with Gasteiger partial charge in [0.1, 0.15) is 17.0 Å². The van der Waals surface area contributed by atoms with Crippen LogP contribution in [0.4, 0.5) is 5.82 Å². The topological polar surface area (TPSA) is 58.0 Å². The summed E-state index contributed by atoms with van der Waals surface area (Å²) in [6.45, 7) is 4.24. The molecule has 2 aromatic rings. The lowest BCUT2D eigenvalue weighted by molar-refractivity contribution is 0.124. The van der Waals surface area contributed by atoms with Crippen molar-refractivity contribution in [1.29, 1.82) is 0 Å². The van der Waals surface area contributed by atoms with Crippen molar-refractivity contribution >= 4 is 27.4 Å². The zero-order valence-electron chi connectivity index (χ0n) is 11.3. The summed E-state index contributed by atoms with van der Waals surface area (Å²) in [7, 11) is 0. The maximum Gasteiger partial charge on any atom is 0.138 e. The Kier molecular flexibility index (Phi) is 3.41. The number of nitrogens with zero attached hydrogens (tertiary/aromatic N) is 2. The van der Waals surface area contributed by atoms with Crippen LogP contribution in [0.5, 0.6) is 0 Å². The van der Waals surface area contributed by atoms with Crippen molar-refractivity contribution in [2.24, 2.45) is 0 Å². The smallest absolute Gasteiger partial charge is 0.138 e. The molecular weight excluding hydrogens is 258 g/mol. The van der Waals surface area contributed by atoms with E-state index in [0.717, 1.165) is 41.7 Å². The van der Waals surface area contributed by atoms with Crippen molar-refractivity contribution in [3.05, 3.63) is 16.8 Å². The number of nitrogens with one attached hydrogen (secondary N) is 1. The molecule has 1 saturated carbocycles. The molecule has 5 heteroatoms. The Bertz CT molecular complexity index is 596. The van der Waals surface area contributed by atoms with E-state index >= 15 is 0 Å². The lowest BCUT2D eigenvalue weighted by Gasteiger charge is -2.27. The van der Waals surface area contributed by atoms with Crippen LogP contribution in [0.25, 0.3) is 10.2 Å². The molecule has 2 aromatic heterocycles. The first-order valence-electron chi connectivity index (χ1n) is 6.80. The SMILES string of the molecule is Cc1sc2ncnc(NC3CCCC(O)C3)c2c1C. The van der Waals surface area contributed by atoms with Crippen molar-refractivity contribution in [2.45, 2.75) is 51.7 Å². The minimum atomic E-state index is -0.172. The number of rotatable bonds is 2. The third kappa shape index (κ3) is 2.44. The van der Waals surface area contributed by atoms with E-state index in [1.54, 1.807) is 17.7 Å². The Morgan fingerprint density at radius 3 is 2.95 bits per heavy atom. The van der Waals surface area contributed by atoms with Gasteiger partial charge < -0.3 is 10.4 Å². The number of hydrogen-bond acceptors (Lipinski definition) is 5. The molecule has 3 rings (SSSR count). The van der Waals surface area contributed by atoms with Crippen LogP contribution in [0, 0.1) is 13.8 Å². The predicted molar refractivity (Wildman–Crippen MR) is 78.8 cm³/mol. The zero-order valence-corrected chi connectivity index (χ0v) is 12.1. The molecule has 0 spiro atoms. The number of aliphatic hydroxyl groups is 1. The van der Waals surface area contributed by atoms with Crippen LogP contribution in [0.2, 0.25) is 0 Å². The van der Waals surface area contributed by atoms with Gasteiger partial charge in [-0.15, -0.1) is 11.3 Å². The molecule has 2 heterocycles. The second-order valence-corrected chi connectivity index (χ2v) is 6.55. The van der Waals surface area contributed by atoms with Crippen molar-refractivity contribution < 1.29 is 5.11 Å². The van der Waals surface area contributed by atoms with E-state index in [2.05, 4.69) is 29.1 Å². The Hall–Kier alpha value is -1.20. The van der Waals surface area contributed by atoms with Crippen molar-refractivity contribution in [3.63, 3.8) is 0 Å². The normalized spacial score (nSPS) is 23.7. The van der Waals surface area contributed by atoms with Gasteiger partial charge in [0.25, 0.3) is 0 Å². The highest BCUT2D eigenvalue weighted by atomic mass is 32.1. The molecule has 2 unspecified atom stereocenters. The summed E-state index contributed by atoms with van der Waals surface area (Å²) in [5, 5.41) is 14.4. The van der Waals surface area contributed by atoms with Crippen LogP contribution in [-0.4, -0.2) is 27.2 Å². The molecule has 0 amide bonds. The van der Waals surface area contributed by atoms with Gasteiger partial charge in [0.05, 0.1) is 11.5 Å². The van der Waals surface area contributed by atoms with Crippen LogP contribution in [0.3, 0.4) is 0 Å². The molecule has 0 bridgehead atoms. The second-order valence-electron chi connectivity index (χ2n) is 5.35. The average molecular weight is 277 g/mol. The fraction of sp³-hybridized carbons (Fsp3) is 0.571. The first-order valence-corrected chi connectivity index (χ1v) is 7.62. The fourth-order valence-corrected chi connectivity index (χ4v) is 3.78. The Morgan fingerprint density at radius 1 is 1.32 bits per heavy atom. The second kappa shape index (κ2) is 5.06. The van der Waals surface area contributed by atoms with E-state index in [1.165, 1.54) is 10.4 Å². The molecule has 102 valence electrons. The number of aliphatic hydroxyl groups excluding tert-OH is 1. The number of aryl methyl sites for hydroxylation is 2. The number of fused-ring (bicyclic) bond motifs is 1. The highest BCUT2D eigenvalue weighted by Gasteiger charge is 2.21. The largest absolute Gasteiger partial charge is 0.393 e. The lowest BCUT2D eigenvalue weighted by Crippen LogP contribution is -2.30. The summed E-state index contributed by atoms with van der Waals surface area (Å²) < 4.78 is 0. The van der Waals surface area contributed by atoms with Crippen molar-refractivity contribution in [2.75, 3.05) is 5.32 Å². The van der Waals surface area contributed by atoms with Gasteiger partial charge in [-0.3, -0.25) is 0 Å². The molecule has 2 atom stereocenters. The third-order valence-corrected chi connectivity index (χ3v) is 5.07. The van der Waals surface area contributed by atoms with Crippen molar-refractivity contribution in [3.8, 4) is 0 Å². The van der Waals surface area contributed by atoms with Crippen LogP contribution in [0.1, 0.15) is 36.1 Å². The molecular formula is C14H19N3OS. The molecule has 1 fully saturated rings. The lowest BCUT2D eigenvalue weighted by atomic mass is 9.93. The summed E-state index contributed by atoms with van der Waals surface area (Å²) in [5.41, 5.74) is 1.26. The molecule has 1 aliphatic carbocycles. The Morgan fingerprint density at radius 2 is 2.16 bits per heavy atom. The minimum absolute atomic E-state index is 0.172. The van der Waals surface area contributed by atoms with Gasteiger partial charge in [-0.05, 0) is 45.1 Å². The van der Waals surface area contributed by atoms with E-state index in [4.69, 9.17) is 0 Å². The number of thiophene rings is 1. The van der Waals surface area contributed by atoms with Crippen LogP contribution in [0.15, 0.2) is 6.33 Å². The van der Waals surface area contributed by atoms with E-state index in [0.29, 0.717) is 6.04 Å². The Labute approximate surface area is 116 Å². The summed E-state index contributed by atoms with van der Waals surface area (Å²) in [6, 6.07) is 0.321. The van der Waals surface area contributed by atoms with Crippen LogP contribution < -0.4 is 5.32 Å². The molecule has 4 nitrogen and oxygen atoms in total. The van der Waals surface area contributed by atoms with Gasteiger partial charge >= 0.3 is 0 Å². The van der Waals surface area contributed by atoms with Crippen molar-refractivity contribution in [1.82, 2.24) is 9.97 Å². The average Bonchev–Trinajstić information content (AvgIpc) is 2.66. The first kappa shape index (κ1) is 12.8. The predicted octanol–water partition coefficient (Wildman–Crippen LogP) is 3.02. The molecule has 0 aliphatic heterocycles. The van der Waals surface area contributed by atoms with E-state index in [-0.39, 0.29) is 6.10 Å². The number of aromatic nitrogens is 2. The Balaban J connectivity index is 1.92. The zero-order chi connectivity index (χ0) is 13.4. The standard InChI is InChI=1S/C14H19N3OS/c1-8-9(2)19-14-12(8)13(15-7-16-14)17-10-4-3-5-11(18)6-10/h7,10-11,18H,3-6H2,1-2H3,(H,15,16,17). The summed E-state index contributed by atoms with van der Waals surface area (Å²) in [6.07, 6.45) is 5.37. The van der Waals surface area contributed by atoms with Gasteiger partial charge in [-0.2, -0.15) is 0 Å². The van der Waals surface area contributed by atoms with E-state index < -0.39 is 0 Å². The monoisotopic (exact) mass is 277 g/mol. The fourth-order valence-electron chi connectivity index (χ4n) is 2.78. The quantitative estimate of drug-likeness (QED) is 0.886. The highest BCUT2D eigenvalue weighted by Crippen LogP contribution is 2.33. The number of hydrogen-bond donors (Lipinski definition) is 2. The maximum absolute atomic E-state index is 9.76. The molecule has 2 N–H and O–H groups in total. The van der Waals surface area contributed by atoms with Gasteiger partial charge in [0.15, 0.2) is 0 Å². The number of anilines is 1. The molecule has 0 saturated heterocycles. The molecule has 19 heavy (non-hydrogen) atoms. The van der Waals surface area contributed by atoms with E-state index in [9.17, 15) is 5.11 Å². The molecule has 0 radical (unpaired) electrons. The van der Waals surface area contributed by atoms with Gasteiger partial charge in [0.2, 0.25) is 0 Å². The molecule has 1 aliphatic rings. The van der Waals surface area contributed by atoms with Crippen LogP contribution in [-0.2, 0) is 0 Å². The molecule has 0 aromatic carbocycles.